The molecule has 0 atom stereocenters. The first-order valence-electron chi connectivity index (χ1n) is 8.15. The van der Waals surface area contributed by atoms with Crippen molar-refractivity contribution < 1.29 is 24.2 Å². The van der Waals surface area contributed by atoms with Crippen LogP contribution in [0.4, 0.5) is 10.5 Å². The number of benzene rings is 1. The monoisotopic (exact) mass is 350 g/mol. The van der Waals surface area contributed by atoms with Crippen molar-refractivity contribution in [3.63, 3.8) is 0 Å². The van der Waals surface area contributed by atoms with Crippen molar-refractivity contribution >= 4 is 23.7 Å². The molecule has 0 aliphatic rings. The molecule has 2 amide bonds. The van der Waals surface area contributed by atoms with Crippen LogP contribution in [0, 0.1) is 6.92 Å². The van der Waals surface area contributed by atoms with E-state index < -0.39 is 23.6 Å². The molecular formula is C18H26N2O5. The number of carboxylic acid groups (broad SMARTS) is 1. The smallest absolute Gasteiger partial charge is 0.410 e. The molecule has 0 bridgehead atoms. The number of aromatic carboxylic acids is 1. The number of aryl methyl sites for hydroxylation is 1. The van der Waals surface area contributed by atoms with E-state index in [4.69, 9.17) is 9.84 Å². The third-order valence-electron chi connectivity index (χ3n) is 3.24. The summed E-state index contributed by atoms with van der Waals surface area (Å²) in [6.45, 7) is 9.16. The molecule has 0 radical (unpaired) electrons. The number of anilines is 1. The van der Waals surface area contributed by atoms with Crippen molar-refractivity contribution in [1.29, 1.82) is 0 Å². The van der Waals surface area contributed by atoms with E-state index in [-0.39, 0.29) is 12.1 Å². The number of hydrogen-bond donors (Lipinski definition) is 2. The van der Waals surface area contributed by atoms with Crippen LogP contribution in [-0.2, 0) is 9.53 Å². The average Bonchev–Trinajstić information content (AvgIpc) is 2.47. The summed E-state index contributed by atoms with van der Waals surface area (Å²) >= 11 is 0. The molecular weight excluding hydrogens is 324 g/mol. The van der Waals surface area contributed by atoms with Crippen LogP contribution >= 0.6 is 0 Å². The highest BCUT2D eigenvalue weighted by atomic mass is 16.6. The van der Waals surface area contributed by atoms with Crippen LogP contribution in [-0.4, -0.2) is 46.7 Å². The molecule has 25 heavy (non-hydrogen) atoms. The number of carbonyl (C=O) groups is 3. The molecule has 7 nitrogen and oxygen atoms in total. The summed E-state index contributed by atoms with van der Waals surface area (Å²) < 4.78 is 5.31. The highest BCUT2D eigenvalue weighted by molar-refractivity contribution is 5.96. The molecule has 0 fully saturated rings. The first-order valence-corrected chi connectivity index (χ1v) is 8.15. The van der Waals surface area contributed by atoms with E-state index in [9.17, 15) is 14.4 Å². The van der Waals surface area contributed by atoms with Gasteiger partial charge < -0.3 is 15.2 Å². The molecule has 0 aliphatic carbocycles. The normalized spacial score (nSPS) is 10.9. The largest absolute Gasteiger partial charge is 0.478 e. The van der Waals surface area contributed by atoms with Gasteiger partial charge in [0.05, 0.1) is 5.56 Å². The number of carboxylic acids is 1. The van der Waals surface area contributed by atoms with Gasteiger partial charge in [-0.05, 0) is 51.8 Å². The molecule has 0 saturated heterocycles. The summed E-state index contributed by atoms with van der Waals surface area (Å²) in [5.41, 5.74) is 0.577. The molecule has 2 N–H and O–H groups in total. The van der Waals surface area contributed by atoms with E-state index in [0.717, 1.165) is 5.56 Å². The van der Waals surface area contributed by atoms with Crippen LogP contribution in [0.15, 0.2) is 18.2 Å². The van der Waals surface area contributed by atoms with E-state index in [0.29, 0.717) is 18.7 Å². The van der Waals surface area contributed by atoms with E-state index in [2.05, 4.69) is 5.32 Å². The minimum absolute atomic E-state index is 0.0819. The number of nitrogens with one attached hydrogen (secondary N) is 1. The fraction of sp³-hybridized carbons (Fsp3) is 0.500. The molecule has 0 spiro atoms. The van der Waals surface area contributed by atoms with Gasteiger partial charge in [0, 0.05) is 12.2 Å². The van der Waals surface area contributed by atoms with Gasteiger partial charge in [-0.25, -0.2) is 9.59 Å². The number of amides is 2. The average molecular weight is 350 g/mol. The number of ether oxygens (including phenoxy) is 1. The topological polar surface area (TPSA) is 95.9 Å². The summed E-state index contributed by atoms with van der Waals surface area (Å²) in [5, 5.41) is 11.7. The van der Waals surface area contributed by atoms with Gasteiger partial charge in [-0.2, -0.15) is 0 Å². The Balaban J connectivity index is 2.83. The number of nitrogens with zero attached hydrogens (tertiary/aromatic N) is 1. The Bertz CT molecular complexity index is 649. The Morgan fingerprint density at radius 3 is 2.40 bits per heavy atom. The minimum atomic E-state index is -1.07. The quantitative estimate of drug-likeness (QED) is 0.821. The first kappa shape index (κ1) is 20.5. The standard InChI is InChI=1S/C18H26N2O5/c1-6-9-20(17(24)25-18(3,4)5)11-15(21)19-14-10-13(16(22)23)8-7-12(14)2/h7-8,10H,6,9,11H2,1-5H3,(H,19,21)(H,22,23). The second-order valence-corrected chi connectivity index (χ2v) is 6.78. The van der Waals surface area contributed by atoms with Gasteiger partial charge >= 0.3 is 12.1 Å². The van der Waals surface area contributed by atoms with Crippen molar-refractivity contribution in [2.75, 3.05) is 18.4 Å². The van der Waals surface area contributed by atoms with Crippen LogP contribution in [0.1, 0.15) is 50.0 Å². The molecule has 0 aliphatic heterocycles. The highest BCUT2D eigenvalue weighted by Gasteiger charge is 2.23. The first-order chi connectivity index (χ1) is 11.5. The third-order valence-corrected chi connectivity index (χ3v) is 3.24. The Kier molecular flexibility index (Phi) is 6.97. The molecule has 138 valence electrons. The zero-order chi connectivity index (χ0) is 19.2. The second kappa shape index (κ2) is 8.50. The van der Waals surface area contributed by atoms with Crippen LogP contribution in [0.5, 0.6) is 0 Å². The fourth-order valence-corrected chi connectivity index (χ4v) is 2.08. The fourth-order valence-electron chi connectivity index (χ4n) is 2.08. The molecule has 1 aromatic carbocycles. The third kappa shape index (κ3) is 6.82. The van der Waals surface area contributed by atoms with Gasteiger partial charge in [-0.15, -0.1) is 0 Å². The lowest BCUT2D eigenvalue weighted by Gasteiger charge is -2.26. The lowest BCUT2D eigenvalue weighted by molar-refractivity contribution is -0.117. The van der Waals surface area contributed by atoms with E-state index in [1.54, 1.807) is 33.8 Å². The van der Waals surface area contributed by atoms with Crippen molar-refractivity contribution in [3.8, 4) is 0 Å². The zero-order valence-corrected chi connectivity index (χ0v) is 15.4. The maximum atomic E-state index is 12.3. The number of carbonyl (C=O) groups excluding carboxylic acids is 2. The number of hydrogen-bond acceptors (Lipinski definition) is 4. The van der Waals surface area contributed by atoms with Crippen molar-refractivity contribution in [1.82, 2.24) is 4.90 Å². The van der Waals surface area contributed by atoms with Gasteiger partial charge in [0.1, 0.15) is 12.1 Å². The summed E-state index contributed by atoms with van der Waals surface area (Å²) in [7, 11) is 0. The summed E-state index contributed by atoms with van der Waals surface area (Å²) in [4.78, 5) is 36.9. The van der Waals surface area contributed by atoms with Crippen molar-refractivity contribution in [3.05, 3.63) is 29.3 Å². The Hall–Kier alpha value is -2.57. The molecule has 0 heterocycles. The van der Waals surface area contributed by atoms with Gasteiger partial charge in [0.15, 0.2) is 0 Å². The molecule has 0 unspecified atom stereocenters. The van der Waals surface area contributed by atoms with E-state index in [1.165, 1.54) is 17.0 Å². The van der Waals surface area contributed by atoms with Gasteiger partial charge in [-0.3, -0.25) is 9.69 Å². The maximum Gasteiger partial charge on any atom is 0.410 e. The molecule has 7 heteroatoms. The van der Waals surface area contributed by atoms with E-state index >= 15 is 0 Å². The predicted molar refractivity (Wildman–Crippen MR) is 94.9 cm³/mol. The van der Waals surface area contributed by atoms with E-state index in [1.807, 2.05) is 6.92 Å². The van der Waals surface area contributed by atoms with Crippen LogP contribution in [0.3, 0.4) is 0 Å². The zero-order valence-electron chi connectivity index (χ0n) is 15.4. The summed E-state index contributed by atoms with van der Waals surface area (Å²) in [6, 6.07) is 4.49. The lowest BCUT2D eigenvalue weighted by Crippen LogP contribution is -2.41. The second-order valence-electron chi connectivity index (χ2n) is 6.78. The number of rotatable bonds is 6. The van der Waals surface area contributed by atoms with Crippen LogP contribution in [0.2, 0.25) is 0 Å². The van der Waals surface area contributed by atoms with Gasteiger partial charge in [0.25, 0.3) is 0 Å². The molecule has 1 aromatic rings. The Morgan fingerprint density at radius 2 is 1.88 bits per heavy atom. The lowest BCUT2D eigenvalue weighted by atomic mass is 10.1. The Morgan fingerprint density at radius 1 is 1.24 bits per heavy atom. The van der Waals surface area contributed by atoms with Gasteiger partial charge in [0.2, 0.25) is 5.91 Å². The van der Waals surface area contributed by atoms with Crippen LogP contribution in [0.25, 0.3) is 0 Å². The van der Waals surface area contributed by atoms with Gasteiger partial charge in [-0.1, -0.05) is 13.0 Å². The molecule has 0 saturated carbocycles. The highest BCUT2D eigenvalue weighted by Crippen LogP contribution is 2.17. The van der Waals surface area contributed by atoms with Crippen LogP contribution < -0.4 is 5.32 Å². The predicted octanol–water partition coefficient (Wildman–Crippen LogP) is 3.28. The maximum absolute atomic E-state index is 12.3. The summed E-state index contributed by atoms with van der Waals surface area (Å²) in [5.74, 6) is -1.48. The van der Waals surface area contributed by atoms with Crippen molar-refractivity contribution in [2.24, 2.45) is 0 Å². The van der Waals surface area contributed by atoms with Crippen molar-refractivity contribution in [2.45, 2.75) is 46.6 Å². The summed E-state index contributed by atoms with van der Waals surface area (Å²) in [6.07, 6.45) is 0.126. The SMILES string of the molecule is CCCN(CC(=O)Nc1cc(C(=O)O)ccc1C)C(=O)OC(C)(C)C. The minimum Gasteiger partial charge on any atom is -0.478 e. The Labute approximate surface area is 148 Å². The molecule has 1 rings (SSSR count). The molecule has 0 aromatic heterocycles.